The van der Waals surface area contributed by atoms with Crippen LogP contribution >= 0.6 is 0 Å². The molecule has 0 saturated carbocycles. The summed E-state index contributed by atoms with van der Waals surface area (Å²) in [5.74, 6) is 0.0971. The summed E-state index contributed by atoms with van der Waals surface area (Å²) < 4.78 is 11.1. The molecule has 0 aliphatic carbocycles. The summed E-state index contributed by atoms with van der Waals surface area (Å²) in [5, 5.41) is 13.9. The first-order valence-corrected chi connectivity index (χ1v) is 10.3. The van der Waals surface area contributed by atoms with Crippen LogP contribution in [0.15, 0.2) is 48.5 Å². The molecule has 172 valence electrons. The summed E-state index contributed by atoms with van der Waals surface area (Å²) >= 11 is 0. The minimum absolute atomic E-state index is 0.0848. The normalized spacial score (nSPS) is 11.9. The smallest absolute Gasteiger partial charge is 0.408 e. The lowest BCUT2D eigenvalue weighted by Gasteiger charge is -2.23. The number of amides is 2. The minimum Gasteiger partial charge on any atom is -0.481 e. The Hall–Kier alpha value is -3.55. The second-order valence-corrected chi connectivity index (χ2v) is 8.30. The largest absolute Gasteiger partial charge is 0.481 e. The number of carboxylic acids is 1. The van der Waals surface area contributed by atoms with Gasteiger partial charge in [-0.3, -0.25) is 9.59 Å². The molecule has 0 heterocycles. The molecule has 0 fully saturated rings. The number of likely N-dealkylation sites (N-methyl/N-ethyl adjacent to an activating group) is 1. The van der Waals surface area contributed by atoms with Crippen molar-refractivity contribution in [2.45, 2.75) is 51.7 Å². The second kappa shape index (κ2) is 11.2. The molecule has 0 aliphatic heterocycles. The summed E-state index contributed by atoms with van der Waals surface area (Å²) in [5.41, 5.74) is 1.10. The summed E-state index contributed by atoms with van der Waals surface area (Å²) in [6.07, 6.45) is 0.186. The fourth-order valence-corrected chi connectivity index (χ4v) is 2.87. The summed E-state index contributed by atoms with van der Waals surface area (Å²) in [7, 11) is 1.51. The fourth-order valence-electron chi connectivity index (χ4n) is 2.87. The first kappa shape index (κ1) is 24.7. The van der Waals surface area contributed by atoms with Crippen molar-refractivity contribution in [3.8, 4) is 11.5 Å². The molecule has 0 aromatic heterocycles. The summed E-state index contributed by atoms with van der Waals surface area (Å²) in [4.78, 5) is 34.9. The van der Waals surface area contributed by atoms with Gasteiger partial charge in [-0.2, -0.15) is 0 Å². The lowest BCUT2D eigenvalue weighted by Crippen LogP contribution is -2.48. The van der Waals surface area contributed by atoms with E-state index in [0.29, 0.717) is 17.9 Å². The standard InChI is InChI=1S/C24H30N2O6/c1-24(2,3)32-23(30)26-20(22(29)25-4)15-17-7-12-19(13-8-17)31-18-10-5-16(6-11-18)9-14-21(27)28/h5-8,10-13,20H,9,14-15H2,1-4H3,(H,25,29)(H,26,30)(H,27,28)/t20-/m0/s1. The molecule has 0 bridgehead atoms. The van der Waals surface area contributed by atoms with Crippen LogP contribution in [-0.2, 0) is 27.2 Å². The van der Waals surface area contributed by atoms with Crippen molar-refractivity contribution in [2.24, 2.45) is 0 Å². The van der Waals surface area contributed by atoms with Crippen LogP contribution in [0.4, 0.5) is 4.79 Å². The van der Waals surface area contributed by atoms with Gasteiger partial charge in [0.2, 0.25) is 5.91 Å². The molecule has 0 unspecified atom stereocenters. The van der Waals surface area contributed by atoms with E-state index in [2.05, 4.69) is 10.6 Å². The Balaban J connectivity index is 1.98. The van der Waals surface area contributed by atoms with E-state index in [1.165, 1.54) is 7.05 Å². The van der Waals surface area contributed by atoms with Crippen LogP contribution in [0.5, 0.6) is 11.5 Å². The van der Waals surface area contributed by atoms with Crippen molar-refractivity contribution in [3.63, 3.8) is 0 Å². The highest BCUT2D eigenvalue weighted by Crippen LogP contribution is 2.23. The predicted octanol–water partition coefficient (Wildman–Crippen LogP) is 3.68. The molecule has 3 N–H and O–H groups in total. The Bertz CT molecular complexity index is 917. The van der Waals surface area contributed by atoms with Gasteiger partial charge in [0.1, 0.15) is 23.1 Å². The number of ether oxygens (including phenoxy) is 2. The van der Waals surface area contributed by atoms with Crippen LogP contribution in [0.1, 0.15) is 38.3 Å². The van der Waals surface area contributed by atoms with Gasteiger partial charge in [-0.05, 0) is 62.6 Å². The van der Waals surface area contributed by atoms with Gasteiger partial charge in [0.05, 0.1) is 0 Å². The summed E-state index contributed by atoms with van der Waals surface area (Å²) in [6.45, 7) is 5.26. The quantitative estimate of drug-likeness (QED) is 0.546. The van der Waals surface area contributed by atoms with Crippen LogP contribution in [0.3, 0.4) is 0 Å². The number of carbonyl (C=O) groups is 3. The van der Waals surface area contributed by atoms with E-state index >= 15 is 0 Å². The van der Waals surface area contributed by atoms with Crippen LogP contribution in [0, 0.1) is 0 Å². The van der Waals surface area contributed by atoms with Crippen LogP contribution in [-0.4, -0.2) is 41.8 Å². The van der Waals surface area contributed by atoms with E-state index < -0.39 is 23.7 Å². The molecule has 1 atom stereocenters. The second-order valence-electron chi connectivity index (χ2n) is 8.30. The molecular formula is C24H30N2O6. The average molecular weight is 443 g/mol. The summed E-state index contributed by atoms with van der Waals surface area (Å²) in [6, 6.07) is 13.7. The van der Waals surface area contributed by atoms with Gasteiger partial charge in [-0.1, -0.05) is 24.3 Å². The van der Waals surface area contributed by atoms with E-state index in [1.54, 1.807) is 45.0 Å². The van der Waals surface area contributed by atoms with Gasteiger partial charge in [-0.25, -0.2) is 4.79 Å². The Kier molecular flexibility index (Phi) is 8.63. The highest BCUT2D eigenvalue weighted by atomic mass is 16.6. The monoisotopic (exact) mass is 442 g/mol. The van der Waals surface area contributed by atoms with Gasteiger partial charge in [0, 0.05) is 19.9 Å². The van der Waals surface area contributed by atoms with Crippen molar-refractivity contribution >= 4 is 18.0 Å². The third-order valence-electron chi connectivity index (χ3n) is 4.40. The first-order valence-electron chi connectivity index (χ1n) is 10.3. The lowest BCUT2D eigenvalue weighted by molar-refractivity contribution is -0.137. The molecule has 8 nitrogen and oxygen atoms in total. The molecule has 2 rings (SSSR count). The van der Waals surface area contributed by atoms with Crippen LogP contribution in [0.25, 0.3) is 0 Å². The first-order chi connectivity index (χ1) is 15.1. The van der Waals surface area contributed by atoms with E-state index in [4.69, 9.17) is 14.6 Å². The number of carbonyl (C=O) groups excluding carboxylic acids is 2. The van der Waals surface area contributed by atoms with Gasteiger partial charge in [-0.15, -0.1) is 0 Å². The zero-order chi connectivity index (χ0) is 23.7. The molecule has 8 heteroatoms. The van der Waals surface area contributed by atoms with Crippen LogP contribution in [0.2, 0.25) is 0 Å². The molecule has 0 spiro atoms. The molecule has 0 saturated heterocycles. The highest BCUT2D eigenvalue weighted by Gasteiger charge is 2.24. The Labute approximate surface area is 187 Å². The Morgan fingerprint density at radius 1 is 0.938 bits per heavy atom. The molecule has 2 aromatic rings. The zero-order valence-corrected chi connectivity index (χ0v) is 18.8. The van der Waals surface area contributed by atoms with Crippen molar-refractivity contribution in [1.82, 2.24) is 10.6 Å². The molecule has 0 aliphatic rings. The molecule has 0 radical (unpaired) electrons. The van der Waals surface area contributed by atoms with Crippen molar-refractivity contribution < 1.29 is 29.0 Å². The fraction of sp³-hybridized carbons (Fsp3) is 0.375. The highest BCUT2D eigenvalue weighted by molar-refractivity contribution is 5.85. The number of hydrogen-bond donors (Lipinski definition) is 3. The third kappa shape index (κ3) is 8.67. The number of rotatable bonds is 9. The maximum absolute atomic E-state index is 12.2. The third-order valence-corrected chi connectivity index (χ3v) is 4.40. The zero-order valence-electron chi connectivity index (χ0n) is 18.8. The van der Waals surface area contributed by atoms with Gasteiger partial charge < -0.3 is 25.2 Å². The molecule has 2 amide bonds. The topological polar surface area (TPSA) is 114 Å². The van der Waals surface area contributed by atoms with E-state index in [9.17, 15) is 14.4 Å². The van der Waals surface area contributed by atoms with Crippen molar-refractivity contribution in [2.75, 3.05) is 7.05 Å². The van der Waals surface area contributed by atoms with Crippen molar-refractivity contribution in [1.29, 1.82) is 0 Å². The number of nitrogens with one attached hydrogen (secondary N) is 2. The van der Waals surface area contributed by atoms with E-state index in [-0.39, 0.29) is 18.7 Å². The maximum Gasteiger partial charge on any atom is 0.408 e. The molecular weight excluding hydrogens is 412 g/mol. The average Bonchev–Trinajstić information content (AvgIpc) is 2.72. The molecule has 2 aromatic carbocycles. The maximum atomic E-state index is 12.2. The van der Waals surface area contributed by atoms with Gasteiger partial charge >= 0.3 is 12.1 Å². The number of alkyl carbamates (subject to hydrolysis) is 1. The molecule has 32 heavy (non-hydrogen) atoms. The number of carboxylic acid groups (broad SMARTS) is 1. The minimum atomic E-state index is -0.828. The lowest BCUT2D eigenvalue weighted by atomic mass is 10.1. The van der Waals surface area contributed by atoms with Gasteiger partial charge in [0.25, 0.3) is 0 Å². The van der Waals surface area contributed by atoms with E-state index in [1.807, 2.05) is 24.3 Å². The predicted molar refractivity (Wildman–Crippen MR) is 120 cm³/mol. The number of aryl methyl sites for hydroxylation is 1. The Morgan fingerprint density at radius 3 is 1.94 bits per heavy atom. The van der Waals surface area contributed by atoms with E-state index in [0.717, 1.165) is 11.1 Å². The van der Waals surface area contributed by atoms with Crippen molar-refractivity contribution in [3.05, 3.63) is 59.7 Å². The number of aliphatic carboxylic acids is 1. The number of benzene rings is 2. The number of hydrogen-bond acceptors (Lipinski definition) is 5. The van der Waals surface area contributed by atoms with Crippen LogP contribution < -0.4 is 15.4 Å². The van der Waals surface area contributed by atoms with Gasteiger partial charge in [0.15, 0.2) is 0 Å². The SMILES string of the molecule is CNC(=O)[C@H](Cc1ccc(Oc2ccc(CCC(=O)O)cc2)cc1)NC(=O)OC(C)(C)C. The Morgan fingerprint density at radius 2 is 1.47 bits per heavy atom.